The maximum Gasteiger partial charge on any atom is 0.0591 e. The minimum absolute atomic E-state index is 0. The van der Waals surface area contributed by atoms with Crippen LogP contribution in [0.3, 0.4) is 0 Å². The highest BCUT2D eigenvalue weighted by atomic mass is 28.3. The molecule has 0 aromatic carbocycles. The molecule has 1 nitrogen and oxygen atoms in total. The molecule has 0 spiro atoms. The zero-order chi connectivity index (χ0) is 6.69. The summed E-state index contributed by atoms with van der Waals surface area (Å²) in [5.41, 5.74) is 0. The molecule has 0 aromatic rings. The van der Waals surface area contributed by atoms with Gasteiger partial charge in [-0.2, -0.15) is 0 Å². The van der Waals surface area contributed by atoms with Crippen molar-refractivity contribution in [3.63, 3.8) is 0 Å². The molecule has 1 aliphatic carbocycles. The van der Waals surface area contributed by atoms with Crippen molar-refractivity contribution in [3.8, 4) is 0 Å². The fourth-order valence-corrected chi connectivity index (χ4v) is 2.81. The van der Waals surface area contributed by atoms with Crippen molar-refractivity contribution in [2.24, 2.45) is 0 Å². The molecule has 0 radical (unpaired) electrons. The maximum absolute atomic E-state index is 2.49. The molecule has 2 N–H and O–H groups in total. The van der Waals surface area contributed by atoms with E-state index in [0.717, 1.165) is 0 Å². The molecule has 0 unspecified atom stereocenters. The summed E-state index contributed by atoms with van der Waals surface area (Å²) in [7, 11) is -0.391. The fraction of sp³-hybridized carbons (Fsp3) is 0.750. The number of rotatable bonds is 1. The van der Waals surface area contributed by atoms with Gasteiger partial charge in [0.1, 0.15) is 0 Å². The van der Waals surface area contributed by atoms with Gasteiger partial charge in [-0.05, 0) is 25.7 Å². The Morgan fingerprint density at radius 3 is 2.30 bits per heavy atom. The molecule has 1 aliphatic rings. The molecular formula is C8H18OSi. The van der Waals surface area contributed by atoms with E-state index < -0.39 is 8.80 Å². The van der Waals surface area contributed by atoms with Gasteiger partial charge in [-0.1, -0.05) is 24.4 Å². The van der Waals surface area contributed by atoms with Crippen LogP contribution in [0.15, 0.2) is 11.3 Å². The van der Waals surface area contributed by atoms with E-state index >= 15 is 0 Å². The summed E-state index contributed by atoms with van der Waals surface area (Å²) in [6.45, 7) is 4.86. The average Bonchev–Trinajstić information content (AvgIpc) is 1.90. The van der Waals surface area contributed by atoms with E-state index in [1.165, 1.54) is 25.7 Å². The Morgan fingerprint density at radius 1 is 1.30 bits per heavy atom. The zero-order valence-corrected chi connectivity index (χ0v) is 8.14. The van der Waals surface area contributed by atoms with Crippen molar-refractivity contribution in [2.75, 3.05) is 0 Å². The van der Waals surface area contributed by atoms with E-state index in [2.05, 4.69) is 19.2 Å². The number of allylic oxidation sites excluding steroid dienone is 2. The lowest BCUT2D eigenvalue weighted by Gasteiger charge is -2.14. The van der Waals surface area contributed by atoms with Crippen molar-refractivity contribution >= 4 is 8.80 Å². The highest BCUT2D eigenvalue weighted by molar-refractivity contribution is 6.63. The molecule has 0 fully saturated rings. The van der Waals surface area contributed by atoms with Crippen LogP contribution in [-0.4, -0.2) is 14.3 Å². The molecule has 0 atom stereocenters. The molecule has 0 heterocycles. The van der Waals surface area contributed by atoms with Gasteiger partial charge in [-0.25, -0.2) is 0 Å². The summed E-state index contributed by atoms with van der Waals surface area (Å²) in [4.78, 5) is 0. The highest BCUT2D eigenvalue weighted by Crippen LogP contribution is 2.18. The first-order valence-corrected chi connectivity index (χ1v) is 6.88. The zero-order valence-electron chi connectivity index (χ0n) is 6.98. The smallest absolute Gasteiger partial charge is 0.0591 e. The van der Waals surface area contributed by atoms with Gasteiger partial charge in [-0.15, -0.1) is 0 Å². The van der Waals surface area contributed by atoms with Crippen molar-refractivity contribution in [2.45, 2.75) is 38.8 Å². The van der Waals surface area contributed by atoms with Gasteiger partial charge in [0.2, 0.25) is 0 Å². The minimum Gasteiger partial charge on any atom is -0.412 e. The lowest BCUT2D eigenvalue weighted by Crippen LogP contribution is -2.08. The monoisotopic (exact) mass is 158 g/mol. The second kappa shape index (κ2) is 4.69. The summed E-state index contributed by atoms with van der Waals surface area (Å²) < 4.78 is 0. The third-order valence-electron chi connectivity index (χ3n) is 2.07. The number of hydrogen-bond acceptors (Lipinski definition) is 0. The van der Waals surface area contributed by atoms with Gasteiger partial charge in [0.25, 0.3) is 0 Å². The standard InChI is InChI=1S/C8H16Si.H2O/c1-9(2)8-6-4-3-5-7-8;/h6,9H,3-5,7H2,1-2H3;1H2. The molecule has 0 aromatic heterocycles. The third-order valence-corrected chi connectivity index (χ3v) is 4.08. The molecule has 0 saturated carbocycles. The fourth-order valence-electron chi connectivity index (χ4n) is 1.39. The van der Waals surface area contributed by atoms with E-state index in [1.54, 1.807) is 0 Å². The van der Waals surface area contributed by atoms with E-state index in [9.17, 15) is 0 Å². The second-order valence-corrected chi connectivity index (χ2v) is 6.23. The van der Waals surface area contributed by atoms with E-state index in [1.807, 2.05) is 5.20 Å². The van der Waals surface area contributed by atoms with Crippen LogP contribution in [0.2, 0.25) is 13.1 Å². The second-order valence-electron chi connectivity index (χ2n) is 3.18. The van der Waals surface area contributed by atoms with Crippen LogP contribution in [0.4, 0.5) is 0 Å². The molecule has 2 heteroatoms. The molecule has 0 amide bonds. The Kier molecular flexibility index (Phi) is 4.65. The first-order chi connectivity index (χ1) is 4.30. The van der Waals surface area contributed by atoms with Gasteiger partial charge in [-0.3, -0.25) is 0 Å². The van der Waals surface area contributed by atoms with Crippen molar-refractivity contribution in [1.29, 1.82) is 0 Å². The Labute approximate surface area is 65.1 Å². The van der Waals surface area contributed by atoms with Crippen LogP contribution in [0.1, 0.15) is 25.7 Å². The Bertz CT molecular complexity index is 118. The molecule has 0 saturated heterocycles. The third kappa shape index (κ3) is 2.67. The normalized spacial score (nSPS) is 18.1. The summed E-state index contributed by atoms with van der Waals surface area (Å²) in [5, 5.41) is 1.82. The van der Waals surface area contributed by atoms with Crippen LogP contribution >= 0.6 is 0 Å². The molecule has 0 aliphatic heterocycles. The lowest BCUT2D eigenvalue weighted by atomic mass is 10.1. The topological polar surface area (TPSA) is 31.5 Å². The van der Waals surface area contributed by atoms with Gasteiger partial charge < -0.3 is 5.48 Å². The van der Waals surface area contributed by atoms with Crippen LogP contribution in [0.5, 0.6) is 0 Å². The Balaban J connectivity index is 0.000000810. The van der Waals surface area contributed by atoms with Gasteiger partial charge in [0.05, 0.1) is 8.80 Å². The van der Waals surface area contributed by atoms with Gasteiger partial charge >= 0.3 is 0 Å². The highest BCUT2D eigenvalue weighted by Gasteiger charge is 2.06. The summed E-state index contributed by atoms with van der Waals surface area (Å²) in [5.74, 6) is 0. The summed E-state index contributed by atoms with van der Waals surface area (Å²) in [6, 6.07) is 0. The van der Waals surface area contributed by atoms with Gasteiger partial charge in [0.15, 0.2) is 0 Å². The predicted octanol–water partition coefficient (Wildman–Crippen LogP) is 1.69. The average molecular weight is 158 g/mol. The molecule has 1 rings (SSSR count). The summed E-state index contributed by atoms with van der Waals surface area (Å²) in [6.07, 6.45) is 8.16. The van der Waals surface area contributed by atoms with Crippen LogP contribution in [0, 0.1) is 0 Å². The lowest BCUT2D eigenvalue weighted by molar-refractivity contribution is 0.719. The van der Waals surface area contributed by atoms with E-state index in [-0.39, 0.29) is 5.48 Å². The quantitative estimate of drug-likeness (QED) is 0.520. The van der Waals surface area contributed by atoms with Crippen LogP contribution in [0.25, 0.3) is 0 Å². The Hall–Kier alpha value is -0.0831. The van der Waals surface area contributed by atoms with Crippen LogP contribution in [-0.2, 0) is 0 Å². The first-order valence-electron chi connectivity index (χ1n) is 3.99. The van der Waals surface area contributed by atoms with Crippen molar-refractivity contribution in [3.05, 3.63) is 11.3 Å². The molecule has 60 valence electrons. The summed E-state index contributed by atoms with van der Waals surface area (Å²) >= 11 is 0. The minimum atomic E-state index is -0.391. The van der Waals surface area contributed by atoms with Gasteiger partial charge in [0, 0.05) is 0 Å². The predicted molar refractivity (Wildman–Crippen MR) is 49.0 cm³/mol. The number of hydrogen-bond donors (Lipinski definition) is 0. The molecule has 10 heavy (non-hydrogen) atoms. The van der Waals surface area contributed by atoms with E-state index in [4.69, 9.17) is 0 Å². The largest absolute Gasteiger partial charge is 0.412 e. The van der Waals surface area contributed by atoms with Crippen molar-refractivity contribution in [1.82, 2.24) is 0 Å². The van der Waals surface area contributed by atoms with Crippen LogP contribution < -0.4 is 0 Å². The van der Waals surface area contributed by atoms with Crippen molar-refractivity contribution < 1.29 is 5.48 Å². The first kappa shape index (κ1) is 9.92. The maximum atomic E-state index is 2.49. The SMILES string of the molecule is C[SiH](C)C1=CCCCC1.O. The van der Waals surface area contributed by atoms with E-state index in [0.29, 0.717) is 0 Å². The molecule has 0 bridgehead atoms. The Morgan fingerprint density at radius 2 is 2.00 bits per heavy atom. The molecular weight excluding hydrogens is 140 g/mol.